The van der Waals surface area contributed by atoms with Crippen LogP contribution >= 0.6 is 0 Å². The summed E-state index contributed by atoms with van der Waals surface area (Å²) in [5, 5.41) is 0. The van der Waals surface area contributed by atoms with Crippen molar-refractivity contribution < 1.29 is 14.3 Å². The van der Waals surface area contributed by atoms with Gasteiger partial charge in [0.05, 0.1) is 12.6 Å². The van der Waals surface area contributed by atoms with Crippen LogP contribution in [0.1, 0.15) is 45.2 Å². The van der Waals surface area contributed by atoms with Crippen molar-refractivity contribution in [1.29, 1.82) is 0 Å². The van der Waals surface area contributed by atoms with Crippen molar-refractivity contribution in [3.05, 3.63) is 29.8 Å². The molecule has 2 N–H and O–H groups in total. The van der Waals surface area contributed by atoms with Crippen LogP contribution in [0.25, 0.3) is 0 Å². The van der Waals surface area contributed by atoms with E-state index in [-0.39, 0.29) is 18.6 Å². The van der Waals surface area contributed by atoms with Gasteiger partial charge in [0.15, 0.2) is 0 Å². The minimum atomic E-state index is -0.315. The number of benzene rings is 1. The van der Waals surface area contributed by atoms with Crippen LogP contribution in [0.2, 0.25) is 0 Å². The van der Waals surface area contributed by atoms with Gasteiger partial charge in [0.1, 0.15) is 12.4 Å². The molecule has 4 heteroatoms. The molecular weight excluding hydrogens is 254 g/mol. The van der Waals surface area contributed by atoms with E-state index in [1.165, 1.54) is 19.8 Å². The minimum Gasteiger partial charge on any atom is -0.493 e. The van der Waals surface area contributed by atoms with Crippen LogP contribution in [0.5, 0.6) is 5.75 Å². The zero-order valence-electron chi connectivity index (χ0n) is 12.6. The molecule has 0 saturated heterocycles. The predicted octanol–water partition coefficient (Wildman–Crippen LogP) is 3.06. The standard InChI is InChI=1S/C16H25NO3/c1-4-5-12(2)10-20-15-8-6-14(7-9-15)16(17)11-19-13(3)18/h6-9,12,16H,4-5,10-11,17H2,1-3H3. The third-order valence-electron chi connectivity index (χ3n) is 3.09. The second kappa shape index (κ2) is 8.59. The van der Waals surface area contributed by atoms with Gasteiger partial charge in [0.2, 0.25) is 0 Å². The predicted molar refractivity (Wildman–Crippen MR) is 79.6 cm³/mol. The van der Waals surface area contributed by atoms with Crippen molar-refractivity contribution in [2.24, 2.45) is 11.7 Å². The lowest BCUT2D eigenvalue weighted by Gasteiger charge is -2.14. The fourth-order valence-electron chi connectivity index (χ4n) is 1.93. The van der Waals surface area contributed by atoms with E-state index in [0.717, 1.165) is 17.9 Å². The molecule has 0 aliphatic heterocycles. The molecule has 0 aliphatic carbocycles. The zero-order chi connectivity index (χ0) is 15.0. The second-order valence-corrected chi connectivity index (χ2v) is 5.18. The first kappa shape index (κ1) is 16.5. The average molecular weight is 279 g/mol. The molecule has 0 saturated carbocycles. The van der Waals surface area contributed by atoms with E-state index in [4.69, 9.17) is 15.2 Å². The van der Waals surface area contributed by atoms with Crippen LogP contribution < -0.4 is 10.5 Å². The van der Waals surface area contributed by atoms with Crippen molar-refractivity contribution in [3.63, 3.8) is 0 Å². The largest absolute Gasteiger partial charge is 0.493 e. The molecule has 1 rings (SSSR count). The number of rotatable bonds is 8. The number of hydrogen-bond acceptors (Lipinski definition) is 4. The second-order valence-electron chi connectivity index (χ2n) is 5.18. The highest BCUT2D eigenvalue weighted by Gasteiger charge is 2.08. The topological polar surface area (TPSA) is 61.6 Å². The summed E-state index contributed by atoms with van der Waals surface area (Å²) in [4.78, 5) is 10.7. The van der Waals surface area contributed by atoms with Gasteiger partial charge in [-0.2, -0.15) is 0 Å². The fraction of sp³-hybridized carbons (Fsp3) is 0.562. The fourth-order valence-corrected chi connectivity index (χ4v) is 1.93. The molecule has 0 fully saturated rings. The molecule has 0 heterocycles. The maximum absolute atomic E-state index is 10.7. The molecule has 2 unspecified atom stereocenters. The molecule has 1 aromatic rings. The van der Waals surface area contributed by atoms with Crippen LogP contribution in [-0.4, -0.2) is 19.2 Å². The van der Waals surface area contributed by atoms with Gasteiger partial charge < -0.3 is 15.2 Å². The first-order chi connectivity index (χ1) is 9.52. The Labute approximate surface area is 121 Å². The molecular formula is C16H25NO3. The summed E-state index contributed by atoms with van der Waals surface area (Å²) in [6.07, 6.45) is 2.35. The average Bonchev–Trinajstić information content (AvgIpc) is 2.43. The van der Waals surface area contributed by atoms with E-state index in [1.807, 2.05) is 24.3 Å². The van der Waals surface area contributed by atoms with Gasteiger partial charge in [0, 0.05) is 6.92 Å². The third kappa shape index (κ3) is 6.06. The van der Waals surface area contributed by atoms with Crippen LogP contribution in [0, 0.1) is 5.92 Å². The summed E-state index contributed by atoms with van der Waals surface area (Å²) in [6.45, 7) is 6.67. The molecule has 0 radical (unpaired) electrons. The number of ether oxygens (including phenoxy) is 2. The van der Waals surface area contributed by atoms with E-state index >= 15 is 0 Å². The monoisotopic (exact) mass is 279 g/mol. The lowest BCUT2D eigenvalue weighted by Crippen LogP contribution is -2.18. The lowest BCUT2D eigenvalue weighted by atomic mass is 10.1. The quantitative estimate of drug-likeness (QED) is 0.743. The molecule has 0 aromatic heterocycles. The summed E-state index contributed by atoms with van der Waals surface area (Å²) in [7, 11) is 0. The number of hydrogen-bond donors (Lipinski definition) is 1. The smallest absolute Gasteiger partial charge is 0.302 e. The van der Waals surface area contributed by atoms with E-state index in [0.29, 0.717) is 5.92 Å². The summed E-state index contributed by atoms with van der Waals surface area (Å²) >= 11 is 0. The van der Waals surface area contributed by atoms with E-state index in [1.54, 1.807) is 0 Å². The van der Waals surface area contributed by atoms with Crippen molar-refractivity contribution >= 4 is 5.97 Å². The molecule has 0 spiro atoms. The summed E-state index contributed by atoms with van der Waals surface area (Å²) in [5.41, 5.74) is 6.87. The van der Waals surface area contributed by atoms with Gasteiger partial charge in [-0.3, -0.25) is 4.79 Å². The van der Waals surface area contributed by atoms with E-state index in [9.17, 15) is 4.79 Å². The highest BCUT2D eigenvalue weighted by atomic mass is 16.5. The molecule has 0 aliphatic rings. The van der Waals surface area contributed by atoms with Gasteiger partial charge >= 0.3 is 5.97 Å². The van der Waals surface area contributed by atoms with Crippen LogP contribution in [-0.2, 0) is 9.53 Å². The molecule has 2 atom stereocenters. The Balaban J connectivity index is 2.45. The molecule has 1 aromatic carbocycles. The van der Waals surface area contributed by atoms with Gasteiger partial charge in [-0.25, -0.2) is 0 Å². The minimum absolute atomic E-state index is 0.197. The Kier molecular flexibility index (Phi) is 7.09. The van der Waals surface area contributed by atoms with Crippen molar-refractivity contribution in [3.8, 4) is 5.75 Å². The normalized spacial score (nSPS) is 13.6. The molecule has 0 bridgehead atoms. The molecule has 20 heavy (non-hydrogen) atoms. The SMILES string of the molecule is CCCC(C)COc1ccc(C(N)COC(C)=O)cc1. The number of carbonyl (C=O) groups excluding carboxylic acids is 1. The lowest BCUT2D eigenvalue weighted by molar-refractivity contribution is -0.141. The van der Waals surface area contributed by atoms with Gasteiger partial charge in [-0.15, -0.1) is 0 Å². The maximum Gasteiger partial charge on any atom is 0.302 e. The number of esters is 1. The number of carbonyl (C=O) groups is 1. The Morgan fingerprint density at radius 1 is 1.25 bits per heavy atom. The van der Waals surface area contributed by atoms with E-state index < -0.39 is 0 Å². The van der Waals surface area contributed by atoms with Crippen LogP contribution in [0.15, 0.2) is 24.3 Å². The summed E-state index contributed by atoms with van der Waals surface area (Å²) in [5.74, 6) is 1.09. The Morgan fingerprint density at radius 3 is 2.45 bits per heavy atom. The van der Waals surface area contributed by atoms with Gasteiger partial charge in [0.25, 0.3) is 0 Å². The Hall–Kier alpha value is -1.55. The van der Waals surface area contributed by atoms with Crippen molar-refractivity contribution in [2.45, 2.75) is 39.7 Å². The zero-order valence-corrected chi connectivity index (χ0v) is 12.6. The van der Waals surface area contributed by atoms with Gasteiger partial charge in [-0.05, 0) is 30.0 Å². The van der Waals surface area contributed by atoms with Crippen LogP contribution in [0.3, 0.4) is 0 Å². The summed E-state index contributed by atoms with van der Waals surface area (Å²) < 4.78 is 10.6. The highest BCUT2D eigenvalue weighted by Crippen LogP contribution is 2.18. The summed E-state index contributed by atoms with van der Waals surface area (Å²) in [6, 6.07) is 7.33. The van der Waals surface area contributed by atoms with Gasteiger partial charge in [-0.1, -0.05) is 32.4 Å². The first-order valence-electron chi connectivity index (χ1n) is 7.14. The molecule has 4 nitrogen and oxygen atoms in total. The highest BCUT2D eigenvalue weighted by molar-refractivity contribution is 5.65. The first-order valence-corrected chi connectivity index (χ1v) is 7.14. The molecule has 0 amide bonds. The Bertz CT molecular complexity index is 403. The van der Waals surface area contributed by atoms with Crippen molar-refractivity contribution in [1.82, 2.24) is 0 Å². The van der Waals surface area contributed by atoms with Crippen molar-refractivity contribution in [2.75, 3.05) is 13.2 Å². The number of nitrogens with two attached hydrogens (primary N) is 1. The Morgan fingerprint density at radius 2 is 1.90 bits per heavy atom. The van der Waals surface area contributed by atoms with Crippen LogP contribution in [0.4, 0.5) is 0 Å². The van der Waals surface area contributed by atoms with E-state index in [2.05, 4.69) is 13.8 Å². The molecule has 112 valence electrons. The maximum atomic E-state index is 10.7. The third-order valence-corrected chi connectivity index (χ3v) is 3.09.